The molecular formula is C26H19N2O+. The van der Waals surface area contributed by atoms with E-state index < -0.39 is 0 Å². The number of furan rings is 1. The van der Waals surface area contributed by atoms with Gasteiger partial charge in [-0.15, -0.1) is 0 Å². The fourth-order valence-electron chi connectivity index (χ4n) is 4.10. The van der Waals surface area contributed by atoms with Crippen LogP contribution in [0.2, 0.25) is 0 Å². The molecule has 0 fully saturated rings. The summed E-state index contributed by atoms with van der Waals surface area (Å²) in [6, 6.07) is 24.4. The Morgan fingerprint density at radius 2 is 1.66 bits per heavy atom. The quantitative estimate of drug-likeness (QED) is 0.251. The van der Waals surface area contributed by atoms with Crippen LogP contribution in [-0.2, 0) is 7.05 Å². The first-order chi connectivity index (χ1) is 14.2. The van der Waals surface area contributed by atoms with Gasteiger partial charge in [-0.25, -0.2) is 9.41 Å². The summed E-state index contributed by atoms with van der Waals surface area (Å²) in [6.07, 6.45) is 2.06. The van der Waals surface area contributed by atoms with Gasteiger partial charge in [0.15, 0.2) is 11.9 Å². The third-order valence-corrected chi connectivity index (χ3v) is 5.46. The maximum absolute atomic E-state index is 7.53. The molecule has 0 bridgehead atoms. The molecule has 0 aliphatic rings. The van der Waals surface area contributed by atoms with Crippen molar-refractivity contribution in [1.29, 1.82) is 0 Å². The number of pyridine rings is 1. The molecule has 0 saturated carbocycles. The van der Waals surface area contributed by atoms with Crippen LogP contribution in [0.4, 0.5) is 5.69 Å². The Morgan fingerprint density at radius 3 is 2.41 bits per heavy atom. The van der Waals surface area contributed by atoms with Gasteiger partial charge in [0.05, 0.1) is 12.1 Å². The Morgan fingerprint density at radius 1 is 0.862 bits per heavy atom. The Kier molecular flexibility index (Phi) is 3.93. The second-order valence-electron chi connectivity index (χ2n) is 7.27. The molecule has 0 aliphatic heterocycles. The predicted molar refractivity (Wildman–Crippen MR) is 117 cm³/mol. The van der Waals surface area contributed by atoms with E-state index in [0.29, 0.717) is 5.69 Å². The van der Waals surface area contributed by atoms with Gasteiger partial charge in [-0.3, -0.25) is 0 Å². The molecule has 0 amide bonds. The first kappa shape index (κ1) is 17.2. The van der Waals surface area contributed by atoms with E-state index in [9.17, 15) is 0 Å². The third kappa shape index (κ3) is 2.69. The van der Waals surface area contributed by atoms with Gasteiger partial charge in [-0.1, -0.05) is 36.4 Å². The highest BCUT2D eigenvalue weighted by molar-refractivity contribution is 6.18. The number of hydrogen-bond acceptors (Lipinski definition) is 1. The minimum absolute atomic E-state index is 0.582. The Bertz CT molecular complexity index is 1420. The van der Waals surface area contributed by atoms with E-state index in [1.165, 1.54) is 5.56 Å². The fourth-order valence-corrected chi connectivity index (χ4v) is 4.10. The molecule has 5 rings (SSSR count). The second-order valence-corrected chi connectivity index (χ2v) is 7.27. The van der Waals surface area contributed by atoms with Crippen LogP contribution in [0.15, 0.2) is 83.4 Å². The lowest BCUT2D eigenvalue weighted by molar-refractivity contribution is -0.660. The highest BCUT2D eigenvalue weighted by Gasteiger charge is 2.22. The van der Waals surface area contributed by atoms with E-state index in [1.54, 1.807) is 0 Å². The van der Waals surface area contributed by atoms with Gasteiger partial charge in [0.25, 0.3) is 0 Å². The molecule has 29 heavy (non-hydrogen) atoms. The summed E-state index contributed by atoms with van der Waals surface area (Å²) in [5.74, 6) is 0. The predicted octanol–water partition coefficient (Wildman–Crippen LogP) is 6.60. The van der Waals surface area contributed by atoms with Gasteiger partial charge in [0, 0.05) is 22.9 Å². The van der Waals surface area contributed by atoms with E-state index in [-0.39, 0.29) is 0 Å². The van der Waals surface area contributed by atoms with Crippen molar-refractivity contribution in [2.24, 2.45) is 7.05 Å². The summed E-state index contributed by atoms with van der Waals surface area (Å²) in [6.45, 7) is 9.67. The molecule has 0 unspecified atom stereocenters. The smallest absolute Gasteiger partial charge is 0.213 e. The molecule has 3 nitrogen and oxygen atoms in total. The van der Waals surface area contributed by atoms with Crippen LogP contribution in [0.25, 0.3) is 49.2 Å². The van der Waals surface area contributed by atoms with Crippen molar-refractivity contribution in [3.8, 4) is 22.4 Å². The normalized spacial score (nSPS) is 11.1. The molecule has 2 aromatic heterocycles. The van der Waals surface area contributed by atoms with E-state index in [1.807, 2.05) is 42.5 Å². The monoisotopic (exact) mass is 375 g/mol. The molecule has 2 heterocycles. The number of aromatic nitrogens is 1. The molecular weight excluding hydrogens is 356 g/mol. The summed E-state index contributed by atoms with van der Waals surface area (Å²) in [5.41, 5.74) is 7.76. The van der Waals surface area contributed by atoms with Gasteiger partial charge in [0.2, 0.25) is 5.69 Å². The first-order valence-corrected chi connectivity index (χ1v) is 9.55. The standard InChI is InChI=1S/C26H19N2O/c1-17-12-13-22-26(24(17)21-11-7-8-14-28(21)3)25-20(18-9-5-4-6-10-18)15-19(27-2)16-23(25)29-22/h4-16H,1,3H3/q+1. The average molecular weight is 375 g/mol. The maximum Gasteiger partial charge on any atom is 0.213 e. The molecule has 0 radical (unpaired) electrons. The molecule has 0 aliphatic carbocycles. The number of rotatable bonds is 2. The van der Waals surface area contributed by atoms with Gasteiger partial charge < -0.3 is 4.42 Å². The summed E-state index contributed by atoms with van der Waals surface area (Å²) in [5, 5.41) is 2.15. The van der Waals surface area contributed by atoms with Crippen LogP contribution in [0.3, 0.4) is 0 Å². The van der Waals surface area contributed by atoms with Crippen molar-refractivity contribution < 1.29 is 8.98 Å². The number of aryl methyl sites for hydroxylation is 2. The SMILES string of the molecule is [C-]#[N+]c1cc(-c2ccccc2)c2c(c1)oc1ccc(C)c(-c3cccc[n+]3C)c12. The largest absolute Gasteiger partial charge is 0.457 e. The fraction of sp³-hybridized carbons (Fsp3) is 0.0769. The summed E-state index contributed by atoms with van der Waals surface area (Å²) < 4.78 is 8.40. The first-order valence-electron chi connectivity index (χ1n) is 9.55. The van der Waals surface area contributed by atoms with Gasteiger partial charge >= 0.3 is 0 Å². The lowest BCUT2D eigenvalue weighted by Crippen LogP contribution is -2.30. The molecule has 0 spiro atoms. The van der Waals surface area contributed by atoms with Crippen LogP contribution < -0.4 is 4.57 Å². The minimum atomic E-state index is 0.582. The molecule has 138 valence electrons. The lowest BCUT2D eigenvalue weighted by atomic mass is 9.93. The van der Waals surface area contributed by atoms with Crippen molar-refractivity contribution in [1.82, 2.24) is 0 Å². The van der Waals surface area contributed by atoms with Crippen LogP contribution >= 0.6 is 0 Å². The van der Waals surface area contributed by atoms with Crippen molar-refractivity contribution in [3.05, 3.63) is 96.0 Å². The number of benzene rings is 3. The van der Waals surface area contributed by atoms with Crippen molar-refractivity contribution >= 4 is 27.6 Å². The average Bonchev–Trinajstić information content (AvgIpc) is 3.13. The van der Waals surface area contributed by atoms with E-state index in [0.717, 1.165) is 44.3 Å². The zero-order valence-corrected chi connectivity index (χ0v) is 16.3. The lowest BCUT2D eigenvalue weighted by Gasteiger charge is -2.09. The van der Waals surface area contributed by atoms with E-state index in [4.69, 9.17) is 11.0 Å². The topological polar surface area (TPSA) is 21.4 Å². The molecule has 3 aromatic carbocycles. The van der Waals surface area contributed by atoms with E-state index >= 15 is 0 Å². The Hall–Kier alpha value is -3.90. The second kappa shape index (κ2) is 6.61. The summed E-state index contributed by atoms with van der Waals surface area (Å²) in [4.78, 5) is 3.68. The Balaban J connectivity index is 2.00. The molecule has 5 aromatic rings. The van der Waals surface area contributed by atoms with Gasteiger partial charge in [-0.2, -0.15) is 0 Å². The zero-order chi connectivity index (χ0) is 20.0. The van der Waals surface area contributed by atoms with Gasteiger partial charge in [-0.05, 0) is 47.9 Å². The zero-order valence-electron chi connectivity index (χ0n) is 16.3. The van der Waals surface area contributed by atoms with Crippen molar-refractivity contribution in [2.45, 2.75) is 6.92 Å². The highest BCUT2D eigenvalue weighted by atomic mass is 16.3. The van der Waals surface area contributed by atoms with Crippen LogP contribution in [-0.4, -0.2) is 0 Å². The van der Waals surface area contributed by atoms with Crippen molar-refractivity contribution in [3.63, 3.8) is 0 Å². The Labute approximate surface area is 169 Å². The minimum Gasteiger partial charge on any atom is -0.457 e. The molecule has 0 atom stereocenters. The molecule has 0 saturated heterocycles. The molecule has 0 N–H and O–H groups in total. The number of fused-ring (bicyclic) bond motifs is 3. The summed E-state index contributed by atoms with van der Waals surface area (Å²) in [7, 11) is 2.06. The molecule has 3 heteroatoms. The van der Waals surface area contributed by atoms with Crippen molar-refractivity contribution in [2.75, 3.05) is 0 Å². The third-order valence-electron chi connectivity index (χ3n) is 5.46. The van der Waals surface area contributed by atoms with Crippen LogP contribution in [0.1, 0.15) is 5.56 Å². The maximum atomic E-state index is 7.53. The highest BCUT2D eigenvalue weighted by Crippen LogP contribution is 2.43. The van der Waals surface area contributed by atoms with Crippen LogP contribution in [0.5, 0.6) is 0 Å². The number of nitrogens with zero attached hydrogens (tertiary/aromatic N) is 2. The van der Waals surface area contributed by atoms with Gasteiger partial charge in [0.1, 0.15) is 18.2 Å². The summed E-state index contributed by atoms with van der Waals surface area (Å²) >= 11 is 0. The number of hydrogen-bond donors (Lipinski definition) is 0. The van der Waals surface area contributed by atoms with Crippen LogP contribution in [0, 0.1) is 13.5 Å². The van der Waals surface area contributed by atoms with E-state index in [2.05, 4.69) is 59.9 Å².